The van der Waals surface area contributed by atoms with Gasteiger partial charge >= 0.3 is 0 Å². The molecule has 4 fully saturated rings. The van der Waals surface area contributed by atoms with Crippen LogP contribution in [0, 0.1) is 11.8 Å². The Morgan fingerprint density at radius 1 is 1.04 bits per heavy atom. The summed E-state index contributed by atoms with van der Waals surface area (Å²) in [4.78, 5) is 17.5. The van der Waals surface area contributed by atoms with E-state index in [0.29, 0.717) is 17.5 Å². The summed E-state index contributed by atoms with van der Waals surface area (Å²) in [5, 5.41) is 0. The molecule has 1 unspecified atom stereocenters. The number of nitrogens with zero attached hydrogens (tertiary/aromatic N) is 2. The average Bonchev–Trinajstić information content (AvgIpc) is 3.44. The van der Waals surface area contributed by atoms with Crippen LogP contribution in [-0.4, -0.2) is 73.9 Å². The maximum atomic E-state index is 12.8. The van der Waals surface area contributed by atoms with Crippen LogP contribution in [0.3, 0.4) is 0 Å². The van der Waals surface area contributed by atoms with Gasteiger partial charge in [0.05, 0.1) is 6.61 Å². The molecule has 0 aromatic carbocycles. The van der Waals surface area contributed by atoms with Crippen molar-refractivity contribution in [3.8, 4) is 0 Å². The first-order valence-electron chi connectivity index (χ1n) is 10.4. The largest absolute Gasteiger partial charge is 0.381 e. The first-order valence-corrected chi connectivity index (χ1v) is 10.4. The highest BCUT2D eigenvalue weighted by atomic mass is 16.5. The third kappa shape index (κ3) is 3.88. The highest BCUT2D eigenvalue weighted by Gasteiger charge is 2.46. The van der Waals surface area contributed by atoms with Gasteiger partial charge < -0.3 is 14.4 Å². The Hall–Kier alpha value is -0.650. The number of rotatable bonds is 5. The molecule has 3 saturated heterocycles. The fraction of sp³-hybridized carbons (Fsp3) is 0.950. The SMILES string of the molecule is CN1C(COCC2CC2)CCC12CCN(C(=O)C1CCOCC1)CC2. The summed E-state index contributed by atoms with van der Waals surface area (Å²) in [6.07, 6.45) is 9.29. The second-order valence-electron chi connectivity index (χ2n) is 8.72. The van der Waals surface area contributed by atoms with Gasteiger partial charge in [0.2, 0.25) is 5.91 Å². The van der Waals surface area contributed by atoms with Gasteiger partial charge in [0.25, 0.3) is 0 Å². The van der Waals surface area contributed by atoms with Crippen LogP contribution in [0.5, 0.6) is 0 Å². The van der Waals surface area contributed by atoms with Gasteiger partial charge in [0.1, 0.15) is 0 Å². The molecule has 1 atom stereocenters. The van der Waals surface area contributed by atoms with Crippen LogP contribution in [0.4, 0.5) is 0 Å². The van der Waals surface area contributed by atoms with Gasteiger partial charge in [-0.15, -0.1) is 0 Å². The number of amides is 1. The monoisotopic (exact) mass is 350 g/mol. The topological polar surface area (TPSA) is 42.0 Å². The summed E-state index contributed by atoms with van der Waals surface area (Å²) in [5.41, 5.74) is 0.306. The molecule has 1 amide bonds. The maximum absolute atomic E-state index is 12.8. The van der Waals surface area contributed by atoms with Crippen LogP contribution in [0.1, 0.15) is 51.4 Å². The number of piperidine rings is 1. The molecular weight excluding hydrogens is 316 g/mol. The standard InChI is InChI=1S/C20H34N2O3/c1-21-18(15-25-14-16-2-3-16)4-7-20(21)8-10-22(11-9-20)19(23)17-5-12-24-13-6-17/h16-18H,2-15H2,1H3. The lowest BCUT2D eigenvalue weighted by Crippen LogP contribution is -2.55. The van der Waals surface area contributed by atoms with E-state index in [-0.39, 0.29) is 5.92 Å². The number of hydrogen-bond donors (Lipinski definition) is 0. The predicted octanol–water partition coefficient (Wildman–Crippen LogP) is 2.29. The van der Waals surface area contributed by atoms with Crippen molar-refractivity contribution < 1.29 is 14.3 Å². The summed E-state index contributed by atoms with van der Waals surface area (Å²) >= 11 is 0. The van der Waals surface area contributed by atoms with Crippen molar-refractivity contribution in [1.82, 2.24) is 9.80 Å². The van der Waals surface area contributed by atoms with E-state index in [0.717, 1.165) is 71.1 Å². The summed E-state index contributed by atoms with van der Waals surface area (Å²) in [5.74, 6) is 1.43. The van der Waals surface area contributed by atoms with Gasteiger partial charge in [-0.3, -0.25) is 9.69 Å². The smallest absolute Gasteiger partial charge is 0.225 e. The number of carbonyl (C=O) groups is 1. The Morgan fingerprint density at radius 2 is 1.76 bits per heavy atom. The first kappa shape index (κ1) is 17.7. The van der Waals surface area contributed by atoms with Gasteiger partial charge in [-0.25, -0.2) is 0 Å². The van der Waals surface area contributed by atoms with E-state index in [1.165, 1.54) is 25.7 Å². The van der Waals surface area contributed by atoms with Crippen LogP contribution in [0.15, 0.2) is 0 Å². The zero-order valence-electron chi connectivity index (χ0n) is 15.8. The lowest BCUT2D eigenvalue weighted by atomic mass is 9.84. The fourth-order valence-electron chi connectivity index (χ4n) is 4.99. The van der Waals surface area contributed by atoms with Gasteiger partial charge in [-0.05, 0) is 64.3 Å². The average molecular weight is 351 g/mol. The third-order valence-corrected chi connectivity index (χ3v) is 7.18. The van der Waals surface area contributed by atoms with E-state index in [1.807, 2.05) is 0 Å². The molecule has 4 rings (SSSR count). The molecule has 1 saturated carbocycles. The maximum Gasteiger partial charge on any atom is 0.225 e. The molecule has 5 heteroatoms. The van der Waals surface area contributed by atoms with Crippen LogP contribution in [0.25, 0.3) is 0 Å². The Labute approximate surface area is 152 Å². The molecule has 25 heavy (non-hydrogen) atoms. The normalized spacial score (nSPS) is 30.9. The van der Waals surface area contributed by atoms with Gasteiger partial charge in [-0.1, -0.05) is 0 Å². The van der Waals surface area contributed by atoms with E-state index in [9.17, 15) is 4.79 Å². The quantitative estimate of drug-likeness (QED) is 0.763. The van der Waals surface area contributed by atoms with Crippen molar-refractivity contribution in [3.63, 3.8) is 0 Å². The minimum atomic E-state index is 0.202. The molecule has 0 aromatic rings. The van der Waals surface area contributed by atoms with Crippen molar-refractivity contribution in [3.05, 3.63) is 0 Å². The molecule has 1 spiro atoms. The molecule has 0 N–H and O–H groups in total. The second kappa shape index (κ2) is 7.53. The lowest BCUT2D eigenvalue weighted by Gasteiger charge is -2.45. The molecule has 0 radical (unpaired) electrons. The van der Waals surface area contributed by atoms with E-state index in [4.69, 9.17) is 9.47 Å². The van der Waals surface area contributed by atoms with Crippen molar-refractivity contribution in [1.29, 1.82) is 0 Å². The van der Waals surface area contributed by atoms with Gasteiger partial charge in [0.15, 0.2) is 0 Å². The van der Waals surface area contributed by atoms with E-state index >= 15 is 0 Å². The molecule has 3 aliphatic heterocycles. The third-order valence-electron chi connectivity index (χ3n) is 7.18. The van der Waals surface area contributed by atoms with Crippen LogP contribution >= 0.6 is 0 Å². The Balaban J connectivity index is 1.26. The number of ether oxygens (including phenoxy) is 2. The second-order valence-corrected chi connectivity index (χ2v) is 8.72. The van der Waals surface area contributed by atoms with Crippen molar-refractivity contribution in [2.24, 2.45) is 11.8 Å². The molecule has 142 valence electrons. The first-order chi connectivity index (χ1) is 12.2. The number of carbonyl (C=O) groups excluding carboxylic acids is 1. The molecular formula is C20H34N2O3. The van der Waals surface area contributed by atoms with Crippen LogP contribution in [-0.2, 0) is 14.3 Å². The minimum Gasteiger partial charge on any atom is -0.381 e. The van der Waals surface area contributed by atoms with Gasteiger partial charge in [0, 0.05) is 50.4 Å². The van der Waals surface area contributed by atoms with Crippen LogP contribution < -0.4 is 0 Å². The summed E-state index contributed by atoms with van der Waals surface area (Å²) < 4.78 is 11.4. The molecule has 3 heterocycles. The Morgan fingerprint density at radius 3 is 2.44 bits per heavy atom. The Kier molecular flexibility index (Phi) is 5.35. The molecule has 1 aliphatic carbocycles. The summed E-state index contributed by atoms with van der Waals surface area (Å²) in [6.45, 7) is 5.20. The summed E-state index contributed by atoms with van der Waals surface area (Å²) in [6, 6.07) is 0.566. The predicted molar refractivity (Wildman–Crippen MR) is 96.4 cm³/mol. The highest BCUT2D eigenvalue weighted by molar-refractivity contribution is 5.79. The van der Waals surface area contributed by atoms with E-state index < -0.39 is 0 Å². The fourth-order valence-corrected chi connectivity index (χ4v) is 4.99. The van der Waals surface area contributed by atoms with E-state index in [1.54, 1.807) is 0 Å². The minimum absolute atomic E-state index is 0.202. The van der Waals surface area contributed by atoms with E-state index in [2.05, 4.69) is 16.8 Å². The Bertz CT molecular complexity index is 466. The van der Waals surface area contributed by atoms with Crippen molar-refractivity contribution in [2.75, 3.05) is 46.6 Å². The molecule has 0 bridgehead atoms. The lowest BCUT2D eigenvalue weighted by molar-refractivity contribution is -0.141. The zero-order valence-corrected chi connectivity index (χ0v) is 15.8. The number of hydrogen-bond acceptors (Lipinski definition) is 4. The zero-order chi connectivity index (χ0) is 17.3. The van der Waals surface area contributed by atoms with Gasteiger partial charge in [-0.2, -0.15) is 0 Å². The summed E-state index contributed by atoms with van der Waals surface area (Å²) in [7, 11) is 2.29. The molecule has 0 aromatic heterocycles. The molecule has 5 nitrogen and oxygen atoms in total. The molecule has 4 aliphatic rings. The number of likely N-dealkylation sites (N-methyl/N-ethyl adjacent to an activating group) is 1. The van der Waals surface area contributed by atoms with Crippen LogP contribution in [0.2, 0.25) is 0 Å². The highest BCUT2D eigenvalue weighted by Crippen LogP contribution is 2.41. The van der Waals surface area contributed by atoms with Crippen molar-refractivity contribution in [2.45, 2.75) is 62.9 Å². The number of likely N-dealkylation sites (tertiary alicyclic amines) is 2. The van der Waals surface area contributed by atoms with Crippen molar-refractivity contribution >= 4 is 5.91 Å².